The molecule has 1 aliphatic rings. The quantitative estimate of drug-likeness (QED) is 0.793. The van der Waals surface area contributed by atoms with Crippen molar-refractivity contribution in [3.8, 4) is 0 Å². The number of nitrogens with zero attached hydrogens (tertiary/aromatic N) is 2. The molecule has 16 heavy (non-hydrogen) atoms. The number of aryl methyl sites for hydroxylation is 1. The van der Waals surface area contributed by atoms with Crippen molar-refractivity contribution in [2.45, 2.75) is 25.3 Å². The van der Waals surface area contributed by atoms with Crippen LogP contribution in [0.1, 0.15) is 24.7 Å². The van der Waals surface area contributed by atoms with Gasteiger partial charge in [-0.15, -0.1) is 0 Å². The number of carboxylic acid groups (broad SMARTS) is 1. The highest BCUT2D eigenvalue weighted by molar-refractivity contribution is 5.80. The molecule has 1 aromatic carbocycles. The minimum absolute atomic E-state index is 0.448. The predicted octanol–water partition coefficient (Wildman–Crippen LogP) is 2.00. The third-order valence-corrected chi connectivity index (χ3v) is 3.14. The zero-order chi connectivity index (χ0) is 11.1. The third-order valence-electron chi connectivity index (χ3n) is 3.14. The zero-order valence-electron chi connectivity index (χ0n) is 8.76. The van der Waals surface area contributed by atoms with Gasteiger partial charge < -0.3 is 9.67 Å². The monoisotopic (exact) mass is 216 g/mol. The standard InChI is InChI=1S/C12H12N2O2/c15-12(16)10-6-3-7-11-13-8-4-1-2-5-9(8)14(10)11/h1-2,4-5,10H,3,6-7H2,(H,15,16). The second-order valence-electron chi connectivity index (χ2n) is 4.13. The van der Waals surface area contributed by atoms with E-state index in [9.17, 15) is 9.90 Å². The van der Waals surface area contributed by atoms with Crippen LogP contribution in [0.2, 0.25) is 0 Å². The molecule has 2 aromatic rings. The molecule has 2 heterocycles. The summed E-state index contributed by atoms with van der Waals surface area (Å²) in [6.45, 7) is 0. The highest BCUT2D eigenvalue weighted by Gasteiger charge is 2.28. The average molecular weight is 216 g/mol. The third kappa shape index (κ3) is 1.23. The van der Waals surface area contributed by atoms with Crippen LogP contribution < -0.4 is 0 Å². The van der Waals surface area contributed by atoms with Crippen LogP contribution >= 0.6 is 0 Å². The number of para-hydroxylation sites is 2. The molecule has 0 fully saturated rings. The average Bonchev–Trinajstić information content (AvgIpc) is 2.66. The number of carboxylic acids is 1. The highest BCUT2D eigenvalue weighted by Crippen LogP contribution is 2.29. The summed E-state index contributed by atoms with van der Waals surface area (Å²) in [5.74, 6) is 0.143. The molecule has 3 rings (SSSR count). The van der Waals surface area contributed by atoms with E-state index in [1.54, 1.807) is 0 Å². The molecule has 0 bridgehead atoms. The summed E-state index contributed by atoms with van der Waals surface area (Å²) in [5.41, 5.74) is 1.83. The van der Waals surface area contributed by atoms with Crippen LogP contribution in [0.15, 0.2) is 24.3 Å². The summed E-state index contributed by atoms with van der Waals surface area (Å²) in [6, 6.07) is 7.27. The Morgan fingerprint density at radius 2 is 2.25 bits per heavy atom. The summed E-state index contributed by atoms with van der Waals surface area (Å²) in [4.78, 5) is 15.7. The molecule has 0 radical (unpaired) electrons. The molecular formula is C12H12N2O2. The largest absolute Gasteiger partial charge is 0.480 e. The van der Waals surface area contributed by atoms with E-state index in [-0.39, 0.29) is 0 Å². The van der Waals surface area contributed by atoms with E-state index in [0.717, 1.165) is 29.7 Å². The van der Waals surface area contributed by atoms with Crippen molar-refractivity contribution in [3.05, 3.63) is 30.1 Å². The van der Waals surface area contributed by atoms with E-state index in [0.29, 0.717) is 6.42 Å². The Labute approximate surface area is 92.5 Å². The van der Waals surface area contributed by atoms with Gasteiger partial charge in [0.1, 0.15) is 11.9 Å². The van der Waals surface area contributed by atoms with Gasteiger partial charge in [-0.05, 0) is 25.0 Å². The van der Waals surface area contributed by atoms with E-state index in [2.05, 4.69) is 4.98 Å². The maximum atomic E-state index is 11.2. The number of rotatable bonds is 1. The molecule has 1 unspecified atom stereocenters. The lowest BCUT2D eigenvalue weighted by Crippen LogP contribution is -2.24. The van der Waals surface area contributed by atoms with Gasteiger partial charge in [0.25, 0.3) is 0 Å². The second-order valence-corrected chi connectivity index (χ2v) is 4.13. The first-order chi connectivity index (χ1) is 7.77. The minimum Gasteiger partial charge on any atom is -0.480 e. The molecule has 0 saturated heterocycles. The first-order valence-electron chi connectivity index (χ1n) is 5.46. The predicted molar refractivity (Wildman–Crippen MR) is 59.3 cm³/mol. The smallest absolute Gasteiger partial charge is 0.326 e. The maximum absolute atomic E-state index is 11.2. The fourth-order valence-corrected chi connectivity index (χ4v) is 2.44. The molecule has 0 spiro atoms. The van der Waals surface area contributed by atoms with Gasteiger partial charge in [0.05, 0.1) is 11.0 Å². The van der Waals surface area contributed by atoms with Crippen molar-refractivity contribution in [1.82, 2.24) is 9.55 Å². The van der Waals surface area contributed by atoms with Crippen LogP contribution in [0.3, 0.4) is 0 Å². The molecule has 4 nitrogen and oxygen atoms in total. The molecule has 1 aromatic heterocycles. The molecule has 1 atom stereocenters. The lowest BCUT2D eigenvalue weighted by atomic mass is 10.0. The van der Waals surface area contributed by atoms with Crippen molar-refractivity contribution in [2.24, 2.45) is 0 Å². The molecule has 4 heteroatoms. The summed E-state index contributed by atoms with van der Waals surface area (Å²) in [7, 11) is 0. The molecule has 0 amide bonds. The fraction of sp³-hybridized carbons (Fsp3) is 0.333. The Morgan fingerprint density at radius 3 is 3.06 bits per heavy atom. The van der Waals surface area contributed by atoms with Crippen molar-refractivity contribution < 1.29 is 9.90 Å². The van der Waals surface area contributed by atoms with E-state index in [4.69, 9.17) is 0 Å². The van der Waals surface area contributed by atoms with Gasteiger partial charge in [0, 0.05) is 6.42 Å². The van der Waals surface area contributed by atoms with Crippen molar-refractivity contribution in [2.75, 3.05) is 0 Å². The number of fused-ring (bicyclic) bond motifs is 3. The van der Waals surface area contributed by atoms with Crippen LogP contribution in [-0.4, -0.2) is 20.6 Å². The Morgan fingerprint density at radius 1 is 1.44 bits per heavy atom. The molecule has 0 saturated carbocycles. The number of aromatic nitrogens is 2. The lowest BCUT2D eigenvalue weighted by Gasteiger charge is -2.22. The fourth-order valence-electron chi connectivity index (χ4n) is 2.44. The van der Waals surface area contributed by atoms with Crippen LogP contribution in [-0.2, 0) is 11.2 Å². The maximum Gasteiger partial charge on any atom is 0.326 e. The topological polar surface area (TPSA) is 55.1 Å². The van der Waals surface area contributed by atoms with Gasteiger partial charge in [-0.25, -0.2) is 9.78 Å². The van der Waals surface area contributed by atoms with E-state index >= 15 is 0 Å². The number of hydrogen-bond acceptors (Lipinski definition) is 2. The molecule has 0 aliphatic carbocycles. The number of imidazole rings is 1. The SMILES string of the molecule is O=C(O)C1CCCc2nc3ccccc3n21. The van der Waals surface area contributed by atoms with Gasteiger partial charge in [-0.3, -0.25) is 0 Å². The molecule has 82 valence electrons. The molecule has 1 N–H and O–H groups in total. The van der Waals surface area contributed by atoms with Crippen LogP contribution in [0.25, 0.3) is 11.0 Å². The summed E-state index contributed by atoms with van der Waals surface area (Å²) >= 11 is 0. The number of carbonyl (C=O) groups is 1. The van der Waals surface area contributed by atoms with Crippen LogP contribution in [0.4, 0.5) is 0 Å². The summed E-state index contributed by atoms with van der Waals surface area (Å²) in [5, 5.41) is 9.21. The number of benzene rings is 1. The minimum atomic E-state index is -0.760. The second kappa shape index (κ2) is 3.33. The summed E-state index contributed by atoms with van der Waals surface area (Å²) < 4.78 is 1.88. The van der Waals surface area contributed by atoms with Gasteiger partial charge in [-0.2, -0.15) is 0 Å². The Balaban J connectivity index is 2.28. The van der Waals surface area contributed by atoms with E-state index in [1.165, 1.54) is 0 Å². The van der Waals surface area contributed by atoms with Crippen LogP contribution in [0, 0.1) is 0 Å². The normalized spacial score (nSPS) is 19.6. The number of hydrogen-bond donors (Lipinski definition) is 1. The van der Waals surface area contributed by atoms with Gasteiger partial charge in [0.2, 0.25) is 0 Å². The van der Waals surface area contributed by atoms with Gasteiger partial charge in [0.15, 0.2) is 0 Å². The van der Waals surface area contributed by atoms with Crippen molar-refractivity contribution in [1.29, 1.82) is 0 Å². The van der Waals surface area contributed by atoms with Crippen molar-refractivity contribution in [3.63, 3.8) is 0 Å². The molecular weight excluding hydrogens is 204 g/mol. The van der Waals surface area contributed by atoms with Crippen LogP contribution in [0.5, 0.6) is 0 Å². The zero-order valence-corrected chi connectivity index (χ0v) is 8.76. The van der Waals surface area contributed by atoms with Gasteiger partial charge >= 0.3 is 5.97 Å². The molecule has 1 aliphatic heterocycles. The summed E-state index contributed by atoms with van der Waals surface area (Å²) in [6.07, 6.45) is 2.47. The first kappa shape index (κ1) is 9.39. The van der Waals surface area contributed by atoms with E-state index < -0.39 is 12.0 Å². The Kier molecular flexibility index (Phi) is 1.96. The Hall–Kier alpha value is -1.84. The Bertz CT molecular complexity index is 559. The van der Waals surface area contributed by atoms with Crippen molar-refractivity contribution >= 4 is 17.0 Å². The van der Waals surface area contributed by atoms with Gasteiger partial charge in [-0.1, -0.05) is 12.1 Å². The first-order valence-corrected chi connectivity index (χ1v) is 5.46. The lowest BCUT2D eigenvalue weighted by molar-refractivity contribution is -0.141. The number of aliphatic carboxylic acids is 1. The highest BCUT2D eigenvalue weighted by atomic mass is 16.4. The van der Waals surface area contributed by atoms with E-state index in [1.807, 2.05) is 28.8 Å².